The minimum atomic E-state index is -0.419. The largest absolute Gasteiger partial charge is 0.369 e. The zero-order chi connectivity index (χ0) is 27.7. The summed E-state index contributed by atoms with van der Waals surface area (Å²) in [6.45, 7) is 1.99. The van der Waals surface area contributed by atoms with E-state index in [1.165, 1.54) is 18.4 Å². The first-order valence-electron chi connectivity index (χ1n) is 14.6. The number of imidazole rings is 1. The van der Waals surface area contributed by atoms with Gasteiger partial charge >= 0.3 is 0 Å². The fourth-order valence-corrected chi connectivity index (χ4v) is 5.45. The number of fused-ring (bicyclic) bond motifs is 1. The Bertz CT molecular complexity index is 1490. The lowest BCUT2D eigenvalue weighted by Gasteiger charge is -2.38. The van der Waals surface area contributed by atoms with E-state index in [2.05, 4.69) is 58.9 Å². The van der Waals surface area contributed by atoms with Gasteiger partial charge < -0.3 is 18.8 Å². The molecule has 5 heteroatoms. The molecule has 3 aromatic carbocycles. The fourth-order valence-electron chi connectivity index (χ4n) is 5.45. The molecule has 0 saturated carbocycles. The van der Waals surface area contributed by atoms with E-state index in [-0.39, 0.29) is 12.2 Å². The maximum absolute atomic E-state index is 6.64. The lowest BCUT2D eigenvalue weighted by molar-refractivity contribution is -0.171. The van der Waals surface area contributed by atoms with Crippen LogP contribution in [0.15, 0.2) is 109 Å². The van der Waals surface area contributed by atoms with Gasteiger partial charge in [-0.25, -0.2) is 4.98 Å². The van der Waals surface area contributed by atoms with Crippen molar-refractivity contribution < 1.29 is 14.2 Å². The van der Waals surface area contributed by atoms with Crippen LogP contribution in [0.5, 0.6) is 0 Å². The van der Waals surface area contributed by atoms with Crippen LogP contribution in [0.2, 0.25) is 0 Å². The van der Waals surface area contributed by atoms with Crippen LogP contribution in [-0.2, 0) is 40.6 Å². The van der Waals surface area contributed by atoms with Crippen molar-refractivity contribution in [1.29, 1.82) is 0 Å². The molecule has 2 aliphatic rings. The molecular weight excluding hydrogens is 508 g/mol. The Morgan fingerprint density at radius 3 is 1.93 bits per heavy atom. The Kier molecular flexibility index (Phi) is 9.04. The summed E-state index contributed by atoms with van der Waals surface area (Å²) in [6, 6.07) is 30.7. The van der Waals surface area contributed by atoms with Gasteiger partial charge in [-0.05, 0) is 53.9 Å². The third-order valence-corrected chi connectivity index (χ3v) is 7.67. The van der Waals surface area contributed by atoms with Gasteiger partial charge in [-0.3, -0.25) is 0 Å². The van der Waals surface area contributed by atoms with E-state index in [4.69, 9.17) is 19.2 Å². The molecule has 0 N–H and O–H groups in total. The summed E-state index contributed by atoms with van der Waals surface area (Å²) in [6.07, 6.45) is 7.74. The van der Waals surface area contributed by atoms with Crippen LogP contribution < -0.4 is 0 Å². The smallest absolute Gasteiger partial charge is 0.144 e. The summed E-state index contributed by atoms with van der Waals surface area (Å²) < 4.78 is 22.1. The Morgan fingerprint density at radius 1 is 0.707 bits per heavy atom. The average molecular weight is 545 g/mol. The van der Waals surface area contributed by atoms with Crippen LogP contribution in [0, 0.1) is 11.8 Å². The van der Waals surface area contributed by atoms with Gasteiger partial charge in [0.15, 0.2) is 0 Å². The first-order valence-corrected chi connectivity index (χ1v) is 14.6. The average Bonchev–Trinajstić information content (AvgIpc) is 3.45. The second kappa shape index (κ2) is 13.6. The van der Waals surface area contributed by atoms with E-state index in [1.54, 1.807) is 0 Å². The number of benzene rings is 3. The van der Waals surface area contributed by atoms with Crippen molar-refractivity contribution in [3.63, 3.8) is 0 Å². The summed E-state index contributed by atoms with van der Waals surface area (Å²) >= 11 is 0. The molecule has 4 aromatic rings. The van der Waals surface area contributed by atoms with Gasteiger partial charge in [-0.15, -0.1) is 0 Å². The highest BCUT2D eigenvalue weighted by molar-refractivity contribution is 5.38. The first-order chi connectivity index (χ1) is 20.3. The van der Waals surface area contributed by atoms with Crippen molar-refractivity contribution in [2.24, 2.45) is 0 Å². The molecule has 1 aromatic heterocycles. The Hall–Kier alpha value is -3.95. The maximum atomic E-state index is 6.64. The lowest BCUT2D eigenvalue weighted by Crippen LogP contribution is -2.46. The highest BCUT2D eigenvalue weighted by Gasteiger charge is 2.41. The van der Waals surface area contributed by atoms with Crippen LogP contribution in [-0.4, -0.2) is 21.8 Å². The third kappa shape index (κ3) is 7.04. The molecule has 0 radical (unpaired) electrons. The summed E-state index contributed by atoms with van der Waals surface area (Å²) in [7, 11) is 0. The van der Waals surface area contributed by atoms with Gasteiger partial charge in [0.25, 0.3) is 0 Å². The molecule has 2 heterocycles. The standard InChI is InChI=1S/C36H36N2O3/c1-5-13-28(14-6-1)21-22-32-23-37-36-35(41-27-31-19-11-4-12-20-31)34(40-26-30-17-9-3-10-18-30)33(24-38(32)36)39-25-29-15-7-2-8-16-29/h2-4,7-13,15-20,23,33-35H,1,5-6,14,24-27H2/t33-,34-,35+/m0/s1. The molecule has 0 unspecified atom stereocenters. The maximum Gasteiger partial charge on any atom is 0.144 e. The van der Waals surface area contributed by atoms with Crippen molar-refractivity contribution in [2.45, 2.75) is 70.4 Å². The normalized spacial score (nSPS) is 20.0. The Morgan fingerprint density at radius 2 is 1.32 bits per heavy atom. The SMILES string of the molecule is C(#Cc1cnc2n1C[C@H](OCc1ccccc1)[C@H](OCc1ccccc1)[C@H]2OCc1ccccc1)C1=CCCCC1. The monoisotopic (exact) mass is 544 g/mol. The molecule has 0 bridgehead atoms. The van der Waals surface area contributed by atoms with E-state index in [0.717, 1.165) is 41.1 Å². The minimum Gasteiger partial charge on any atom is -0.369 e. The molecule has 41 heavy (non-hydrogen) atoms. The predicted molar refractivity (Wildman–Crippen MR) is 160 cm³/mol. The van der Waals surface area contributed by atoms with Gasteiger partial charge in [0.1, 0.15) is 29.8 Å². The molecule has 0 spiro atoms. The Balaban J connectivity index is 1.32. The fraction of sp³-hybridized carbons (Fsp3) is 0.306. The molecule has 0 fully saturated rings. The van der Waals surface area contributed by atoms with E-state index >= 15 is 0 Å². The molecule has 1 aliphatic carbocycles. The second-order valence-electron chi connectivity index (χ2n) is 10.7. The van der Waals surface area contributed by atoms with Crippen molar-refractivity contribution in [1.82, 2.24) is 9.55 Å². The molecular formula is C36H36N2O3. The van der Waals surface area contributed by atoms with Crippen LogP contribution in [0.1, 0.15) is 60.0 Å². The number of ether oxygens (including phenoxy) is 3. The van der Waals surface area contributed by atoms with Crippen molar-refractivity contribution in [3.05, 3.63) is 137 Å². The molecule has 0 saturated heterocycles. The summed E-state index contributed by atoms with van der Waals surface area (Å²) in [5.74, 6) is 7.66. The summed E-state index contributed by atoms with van der Waals surface area (Å²) in [4.78, 5) is 4.85. The van der Waals surface area contributed by atoms with E-state index in [9.17, 15) is 0 Å². The molecule has 6 rings (SSSR count). The predicted octanol–water partition coefficient (Wildman–Crippen LogP) is 7.18. The van der Waals surface area contributed by atoms with E-state index < -0.39 is 6.10 Å². The number of aromatic nitrogens is 2. The highest BCUT2D eigenvalue weighted by atomic mass is 16.6. The first kappa shape index (κ1) is 27.2. The molecule has 5 nitrogen and oxygen atoms in total. The van der Waals surface area contributed by atoms with E-state index in [1.807, 2.05) is 60.8 Å². The summed E-state index contributed by atoms with van der Waals surface area (Å²) in [5.41, 5.74) is 5.44. The quantitative estimate of drug-likeness (QED) is 0.210. The number of nitrogens with zero attached hydrogens (tertiary/aromatic N) is 2. The van der Waals surface area contributed by atoms with Crippen LogP contribution in [0.4, 0.5) is 0 Å². The molecule has 0 amide bonds. The number of hydrogen-bond donors (Lipinski definition) is 0. The second-order valence-corrected chi connectivity index (χ2v) is 10.7. The van der Waals surface area contributed by atoms with Gasteiger partial charge in [0.2, 0.25) is 0 Å². The van der Waals surface area contributed by atoms with Gasteiger partial charge in [-0.1, -0.05) is 103 Å². The topological polar surface area (TPSA) is 45.5 Å². The molecule has 3 atom stereocenters. The van der Waals surface area contributed by atoms with Crippen LogP contribution >= 0.6 is 0 Å². The van der Waals surface area contributed by atoms with Crippen LogP contribution in [0.3, 0.4) is 0 Å². The van der Waals surface area contributed by atoms with E-state index in [0.29, 0.717) is 26.4 Å². The van der Waals surface area contributed by atoms with Gasteiger partial charge in [-0.2, -0.15) is 0 Å². The highest BCUT2D eigenvalue weighted by Crippen LogP contribution is 2.35. The third-order valence-electron chi connectivity index (χ3n) is 7.67. The minimum absolute atomic E-state index is 0.254. The molecule has 208 valence electrons. The number of rotatable bonds is 9. The van der Waals surface area contributed by atoms with Crippen LogP contribution in [0.25, 0.3) is 0 Å². The summed E-state index contributed by atoms with van der Waals surface area (Å²) in [5, 5.41) is 0. The van der Waals surface area contributed by atoms with Crippen molar-refractivity contribution in [3.8, 4) is 11.8 Å². The van der Waals surface area contributed by atoms with Crippen molar-refractivity contribution >= 4 is 0 Å². The zero-order valence-corrected chi connectivity index (χ0v) is 23.3. The lowest BCUT2D eigenvalue weighted by atomic mass is 10.00. The number of hydrogen-bond acceptors (Lipinski definition) is 4. The number of allylic oxidation sites excluding steroid dienone is 2. The molecule has 1 aliphatic heterocycles. The van der Waals surface area contributed by atoms with Gasteiger partial charge in [0, 0.05) is 0 Å². The zero-order valence-electron chi connectivity index (χ0n) is 23.3. The Labute approximate surface area is 242 Å². The van der Waals surface area contributed by atoms with Crippen molar-refractivity contribution in [2.75, 3.05) is 0 Å². The van der Waals surface area contributed by atoms with Gasteiger partial charge in [0.05, 0.1) is 32.6 Å².